The predicted molar refractivity (Wildman–Crippen MR) is 102 cm³/mol. The Morgan fingerprint density at radius 3 is 2.58 bits per heavy atom. The molecular weight excluding hydrogens is 326 g/mol. The molecule has 4 heteroatoms. The molecule has 0 N–H and O–H groups in total. The molecule has 3 rings (SSSR count). The van der Waals surface area contributed by atoms with Crippen LogP contribution in [0.3, 0.4) is 0 Å². The van der Waals surface area contributed by atoms with Gasteiger partial charge in [-0.05, 0) is 38.1 Å². The number of hydrogen-bond acceptors (Lipinski definition) is 4. The molecule has 1 aliphatic carbocycles. The number of nitrogens with zero attached hydrogens (tertiary/aromatic N) is 1. The van der Waals surface area contributed by atoms with Crippen LogP contribution >= 0.6 is 0 Å². The number of likely N-dealkylation sites (N-methyl/N-ethyl adjacent to an activating group) is 1. The van der Waals surface area contributed by atoms with Crippen molar-refractivity contribution in [2.24, 2.45) is 0 Å². The minimum Gasteiger partial charge on any atom is -0.465 e. The van der Waals surface area contributed by atoms with E-state index in [1.165, 1.54) is 6.26 Å². The molecule has 0 saturated carbocycles. The lowest BCUT2D eigenvalue weighted by Crippen LogP contribution is -2.41. The number of hydrogen-bond donors (Lipinski definition) is 0. The van der Waals surface area contributed by atoms with Crippen LogP contribution in [-0.2, 0) is 14.3 Å². The first-order valence-corrected chi connectivity index (χ1v) is 8.93. The third-order valence-corrected chi connectivity index (χ3v) is 4.77. The molecule has 2 unspecified atom stereocenters. The Morgan fingerprint density at radius 2 is 1.92 bits per heavy atom. The number of benzene rings is 1. The molecule has 0 aromatic heterocycles. The van der Waals surface area contributed by atoms with Crippen LogP contribution < -0.4 is 0 Å². The van der Waals surface area contributed by atoms with Crippen LogP contribution in [0.4, 0.5) is 0 Å². The van der Waals surface area contributed by atoms with Gasteiger partial charge in [-0.25, -0.2) is 0 Å². The molecule has 26 heavy (non-hydrogen) atoms. The van der Waals surface area contributed by atoms with Crippen LogP contribution in [0.15, 0.2) is 78.2 Å². The summed E-state index contributed by atoms with van der Waals surface area (Å²) in [4.78, 5) is 15.1. The number of carbonyl (C=O) groups is 1. The van der Waals surface area contributed by atoms with Gasteiger partial charge >= 0.3 is 0 Å². The lowest BCUT2D eigenvalue weighted by atomic mass is 9.89. The maximum absolute atomic E-state index is 13.2. The molecule has 1 heterocycles. The second-order valence-corrected chi connectivity index (χ2v) is 6.83. The van der Waals surface area contributed by atoms with Crippen molar-refractivity contribution in [3.63, 3.8) is 0 Å². The van der Waals surface area contributed by atoms with Crippen LogP contribution in [0, 0.1) is 0 Å². The van der Waals surface area contributed by atoms with Crippen LogP contribution in [0.2, 0.25) is 0 Å². The predicted octanol–water partition coefficient (Wildman–Crippen LogP) is 4.30. The summed E-state index contributed by atoms with van der Waals surface area (Å²) in [7, 11) is 3.83. The standard InChI is InChI=1S/C22H25NO3/c1-16(17-10-6-4-7-11-17)21(23(2)3)22(24)20-15-25-14-19(26-20)18-12-8-5-9-13-18/h4-8,10-12,14-16,21H,9,13H2,1-3H3. The second kappa shape index (κ2) is 8.19. The zero-order chi connectivity index (χ0) is 18.5. The highest BCUT2D eigenvalue weighted by Gasteiger charge is 2.33. The number of Topliss-reactive ketones (excluding diaryl/α,β-unsaturated/α-hetero) is 1. The molecule has 0 amide bonds. The van der Waals surface area contributed by atoms with Crippen molar-refractivity contribution in [1.29, 1.82) is 0 Å². The minimum absolute atomic E-state index is 0.0226. The van der Waals surface area contributed by atoms with E-state index >= 15 is 0 Å². The van der Waals surface area contributed by atoms with E-state index in [2.05, 4.69) is 13.0 Å². The van der Waals surface area contributed by atoms with Crippen LogP contribution in [0.5, 0.6) is 0 Å². The zero-order valence-corrected chi connectivity index (χ0v) is 15.5. The van der Waals surface area contributed by atoms with Crippen molar-refractivity contribution in [2.75, 3.05) is 14.1 Å². The van der Waals surface area contributed by atoms with Crippen molar-refractivity contribution >= 4 is 5.78 Å². The Labute approximate surface area is 155 Å². The Morgan fingerprint density at radius 1 is 1.15 bits per heavy atom. The van der Waals surface area contributed by atoms with Crippen molar-refractivity contribution < 1.29 is 14.3 Å². The van der Waals surface area contributed by atoms with Gasteiger partial charge in [0.1, 0.15) is 12.5 Å². The summed E-state index contributed by atoms with van der Waals surface area (Å²) in [6.07, 6.45) is 10.9. The number of allylic oxidation sites excluding steroid dienone is 4. The maximum atomic E-state index is 13.2. The van der Waals surface area contributed by atoms with Gasteiger partial charge in [-0.15, -0.1) is 0 Å². The molecule has 0 spiro atoms. The molecule has 0 fully saturated rings. The van der Waals surface area contributed by atoms with E-state index in [1.807, 2.05) is 61.5 Å². The Balaban J connectivity index is 1.78. The van der Waals surface area contributed by atoms with E-state index in [0.717, 1.165) is 24.0 Å². The fourth-order valence-corrected chi connectivity index (χ4v) is 3.38. The summed E-state index contributed by atoms with van der Waals surface area (Å²) < 4.78 is 11.4. The van der Waals surface area contributed by atoms with Gasteiger partial charge in [-0.2, -0.15) is 0 Å². The lowest BCUT2D eigenvalue weighted by molar-refractivity contribution is -0.123. The highest BCUT2D eigenvalue weighted by atomic mass is 16.5. The highest BCUT2D eigenvalue weighted by Crippen LogP contribution is 2.30. The summed E-state index contributed by atoms with van der Waals surface area (Å²) in [5, 5.41) is 0. The molecule has 0 saturated heterocycles. The molecule has 1 aliphatic heterocycles. The molecule has 136 valence electrons. The molecule has 0 bridgehead atoms. The first-order chi connectivity index (χ1) is 12.6. The first kappa shape index (κ1) is 18.2. The third-order valence-electron chi connectivity index (χ3n) is 4.77. The fourth-order valence-electron chi connectivity index (χ4n) is 3.38. The summed E-state index contributed by atoms with van der Waals surface area (Å²) in [6.45, 7) is 2.06. The van der Waals surface area contributed by atoms with Crippen molar-refractivity contribution in [2.45, 2.75) is 31.7 Å². The Hall–Kier alpha value is -2.59. The van der Waals surface area contributed by atoms with E-state index in [4.69, 9.17) is 9.47 Å². The number of ether oxygens (including phenoxy) is 2. The van der Waals surface area contributed by atoms with Crippen LogP contribution in [0.25, 0.3) is 0 Å². The zero-order valence-electron chi connectivity index (χ0n) is 15.5. The van der Waals surface area contributed by atoms with Gasteiger partial charge in [0.05, 0.1) is 6.04 Å². The quantitative estimate of drug-likeness (QED) is 0.766. The average molecular weight is 351 g/mol. The second-order valence-electron chi connectivity index (χ2n) is 6.83. The molecule has 1 aromatic carbocycles. The largest absolute Gasteiger partial charge is 0.465 e. The number of rotatable bonds is 6. The summed E-state index contributed by atoms with van der Waals surface area (Å²) >= 11 is 0. The van der Waals surface area contributed by atoms with E-state index in [1.54, 1.807) is 6.26 Å². The molecule has 0 radical (unpaired) electrons. The highest BCUT2D eigenvalue weighted by molar-refractivity contribution is 5.98. The first-order valence-electron chi connectivity index (χ1n) is 8.93. The minimum atomic E-state index is -0.341. The van der Waals surface area contributed by atoms with Gasteiger partial charge in [0.25, 0.3) is 0 Å². The van der Waals surface area contributed by atoms with Crippen LogP contribution in [0.1, 0.15) is 31.2 Å². The van der Waals surface area contributed by atoms with Gasteiger partial charge in [0.15, 0.2) is 5.76 Å². The number of ketones is 1. The third kappa shape index (κ3) is 3.97. The monoisotopic (exact) mass is 351 g/mol. The SMILES string of the molecule is CC(c1ccccc1)C(C(=O)C1=COC=C(C2=CC=CCC2)O1)N(C)C. The van der Waals surface area contributed by atoms with Crippen molar-refractivity contribution in [3.8, 4) is 0 Å². The Kier molecular flexibility index (Phi) is 5.74. The van der Waals surface area contributed by atoms with E-state index in [0.29, 0.717) is 5.76 Å². The topological polar surface area (TPSA) is 38.8 Å². The summed E-state index contributed by atoms with van der Waals surface area (Å²) in [5.41, 5.74) is 2.16. The normalized spacial score (nSPS) is 18.8. The Bertz CT molecular complexity index is 772. The fraction of sp³-hybridized carbons (Fsp3) is 0.318. The molecule has 1 aromatic rings. The van der Waals surface area contributed by atoms with Gasteiger partial charge in [0.2, 0.25) is 11.5 Å². The maximum Gasteiger partial charge on any atom is 0.218 e. The van der Waals surface area contributed by atoms with Gasteiger partial charge < -0.3 is 9.47 Å². The van der Waals surface area contributed by atoms with E-state index in [-0.39, 0.29) is 23.5 Å². The average Bonchev–Trinajstić information content (AvgIpc) is 2.69. The summed E-state index contributed by atoms with van der Waals surface area (Å²) in [5.74, 6) is 0.808. The molecular formula is C22H25NO3. The smallest absolute Gasteiger partial charge is 0.218 e. The van der Waals surface area contributed by atoms with Gasteiger partial charge in [-0.3, -0.25) is 9.69 Å². The summed E-state index contributed by atoms with van der Waals surface area (Å²) in [6, 6.07) is 9.72. The molecule has 4 nitrogen and oxygen atoms in total. The van der Waals surface area contributed by atoms with Crippen molar-refractivity contribution in [3.05, 3.63) is 83.7 Å². The van der Waals surface area contributed by atoms with Gasteiger partial charge in [-0.1, -0.05) is 55.5 Å². The molecule has 2 aliphatic rings. The van der Waals surface area contributed by atoms with Gasteiger partial charge in [0, 0.05) is 5.92 Å². The lowest BCUT2D eigenvalue weighted by Gasteiger charge is -2.30. The molecule has 2 atom stereocenters. The van der Waals surface area contributed by atoms with Crippen molar-refractivity contribution in [1.82, 2.24) is 4.90 Å². The van der Waals surface area contributed by atoms with E-state index in [9.17, 15) is 4.79 Å². The van der Waals surface area contributed by atoms with Crippen LogP contribution in [-0.4, -0.2) is 30.8 Å². The number of carbonyl (C=O) groups excluding carboxylic acids is 1. The van der Waals surface area contributed by atoms with E-state index < -0.39 is 0 Å².